The zero-order valence-electron chi connectivity index (χ0n) is 12.0. The van der Waals surface area contributed by atoms with Gasteiger partial charge in [0, 0.05) is 36.3 Å². The summed E-state index contributed by atoms with van der Waals surface area (Å²) in [5.74, 6) is 0.513. The Morgan fingerprint density at radius 1 is 1.42 bits per heavy atom. The Morgan fingerprint density at radius 2 is 2.16 bits per heavy atom. The molecule has 0 radical (unpaired) electrons. The van der Waals surface area contributed by atoms with Gasteiger partial charge in [-0.1, -0.05) is 20.8 Å². The molecule has 1 aliphatic rings. The van der Waals surface area contributed by atoms with Gasteiger partial charge in [-0.25, -0.2) is 4.98 Å². The zero-order valence-corrected chi connectivity index (χ0v) is 12.8. The molecule has 106 valence electrons. The predicted molar refractivity (Wildman–Crippen MR) is 78.3 cm³/mol. The molecule has 19 heavy (non-hydrogen) atoms. The molecular weight excluding hydrogens is 258 g/mol. The van der Waals surface area contributed by atoms with Gasteiger partial charge in [-0.15, -0.1) is 11.3 Å². The summed E-state index contributed by atoms with van der Waals surface area (Å²) in [6.07, 6.45) is 2.13. The number of rotatable bonds is 6. The van der Waals surface area contributed by atoms with E-state index < -0.39 is 0 Å². The number of nitrogens with zero attached hydrogens (tertiary/aromatic N) is 1. The van der Waals surface area contributed by atoms with Crippen LogP contribution in [0.1, 0.15) is 44.3 Å². The third-order valence-electron chi connectivity index (χ3n) is 3.15. The Bertz CT molecular complexity index is 432. The minimum Gasteiger partial charge on any atom is -0.355 e. The third kappa shape index (κ3) is 4.58. The molecule has 0 aromatic carbocycles. The normalized spacial score (nSPS) is 15.5. The highest BCUT2D eigenvalue weighted by atomic mass is 32.1. The predicted octanol–water partition coefficient (Wildman–Crippen LogP) is 2.06. The molecule has 2 N–H and O–H groups in total. The molecule has 0 bridgehead atoms. The van der Waals surface area contributed by atoms with Gasteiger partial charge in [0.05, 0.1) is 5.69 Å². The zero-order chi connectivity index (χ0) is 13.9. The minimum atomic E-state index is 0.118. The van der Waals surface area contributed by atoms with Crippen molar-refractivity contribution in [2.75, 3.05) is 13.1 Å². The largest absolute Gasteiger partial charge is 0.355 e. The molecule has 4 nitrogen and oxygen atoms in total. The number of thiazole rings is 1. The highest BCUT2D eigenvalue weighted by Gasteiger charge is 2.28. The molecule has 1 aromatic rings. The second-order valence-electron chi connectivity index (χ2n) is 6.12. The first-order chi connectivity index (χ1) is 8.97. The van der Waals surface area contributed by atoms with E-state index in [9.17, 15) is 4.79 Å². The number of amides is 1. The van der Waals surface area contributed by atoms with E-state index in [0.29, 0.717) is 12.5 Å². The summed E-state index contributed by atoms with van der Waals surface area (Å²) in [6, 6.07) is 0. The van der Waals surface area contributed by atoms with E-state index >= 15 is 0 Å². The van der Waals surface area contributed by atoms with Crippen LogP contribution in [0, 0.1) is 5.92 Å². The molecule has 0 unspecified atom stereocenters. The Labute approximate surface area is 119 Å². The van der Waals surface area contributed by atoms with Crippen LogP contribution in [0.3, 0.4) is 0 Å². The van der Waals surface area contributed by atoms with Crippen molar-refractivity contribution in [1.29, 1.82) is 0 Å². The Kier molecular flexibility index (Phi) is 4.58. The van der Waals surface area contributed by atoms with Gasteiger partial charge in [-0.2, -0.15) is 0 Å². The summed E-state index contributed by atoms with van der Waals surface area (Å²) in [5.41, 5.74) is 1.27. The van der Waals surface area contributed by atoms with Gasteiger partial charge in [0.2, 0.25) is 5.91 Å². The number of hydrogen-bond donors (Lipinski definition) is 2. The van der Waals surface area contributed by atoms with Crippen molar-refractivity contribution < 1.29 is 4.79 Å². The van der Waals surface area contributed by atoms with E-state index in [1.54, 1.807) is 11.3 Å². The van der Waals surface area contributed by atoms with Gasteiger partial charge in [0.25, 0.3) is 0 Å². The maximum atomic E-state index is 11.4. The maximum absolute atomic E-state index is 11.4. The van der Waals surface area contributed by atoms with E-state index in [1.807, 2.05) is 0 Å². The monoisotopic (exact) mass is 281 g/mol. The number of hydrogen-bond acceptors (Lipinski definition) is 4. The number of nitrogens with one attached hydrogen (secondary N) is 2. The quantitative estimate of drug-likeness (QED) is 0.785. The van der Waals surface area contributed by atoms with Crippen LogP contribution in [0.4, 0.5) is 0 Å². The summed E-state index contributed by atoms with van der Waals surface area (Å²) in [4.78, 5) is 16.0. The molecule has 1 saturated carbocycles. The van der Waals surface area contributed by atoms with Crippen molar-refractivity contribution in [2.45, 2.75) is 45.6 Å². The van der Waals surface area contributed by atoms with Crippen LogP contribution in [0.2, 0.25) is 0 Å². The van der Waals surface area contributed by atoms with Crippen LogP contribution in [0.15, 0.2) is 5.38 Å². The Morgan fingerprint density at radius 3 is 2.74 bits per heavy atom. The third-order valence-corrected chi connectivity index (χ3v) is 3.99. The van der Waals surface area contributed by atoms with Crippen molar-refractivity contribution >= 4 is 17.2 Å². The molecule has 5 heteroatoms. The fourth-order valence-corrected chi connectivity index (χ4v) is 2.69. The van der Waals surface area contributed by atoms with E-state index in [-0.39, 0.29) is 11.3 Å². The highest BCUT2D eigenvalue weighted by molar-refractivity contribution is 7.09. The first-order valence-electron chi connectivity index (χ1n) is 6.90. The average Bonchev–Trinajstić information content (AvgIpc) is 3.06. The maximum Gasteiger partial charge on any atom is 0.223 e. The lowest BCUT2D eigenvalue weighted by Crippen LogP contribution is -2.32. The summed E-state index contributed by atoms with van der Waals surface area (Å²) in [5, 5.41) is 9.50. The van der Waals surface area contributed by atoms with Crippen LogP contribution < -0.4 is 10.6 Å². The van der Waals surface area contributed by atoms with E-state index in [0.717, 1.165) is 36.6 Å². The fraction of sp³-hybridized carbons (Fsp3) is 0.714. The van der Waals surface area contributed by atoms with E-state index in [1.165, 1.54) is 0 Å². The number of aromatic nitrogens is 1. The molecule has 0 aliphatic heterocycles. The molecule has 1 heterocycles. The summed E-state index contributed by atoms with van der Waals surface area (Å²) >= 11 is 1.69. The molecule has 0 spiro atoms. The smallest absolute Gasteiger partial charge is 0.223 e. The lowest BCUT2D eigenvalue weighted by molar-refractivity contribution is -0.122. The Hall–Kier alpha value is -0.940. The van der Waals surface area contributed by atoms with Crippen molar-refractivity contribution in [3.63, 3.8) is 0 Å². The van der Waals surface area contributed by atoms with Crippen LogP contribution in [-0.4, -0.2) is 24.0 Å². The van der Waals surface area contributed by atoms with Gasteiger partial charge in [0.15, 0.2) is 0 Å². The average molecular weight is 281 g/mol. The summed E-state index contributed by atoms with van der Waals surface area (Å²) in [6.45, 7) is 8.79. The fourth-order valence-electron chi connectivity index (χ4n) is 1.70. The van der Waals surface area contributed by atoms with Crippen LogP contribution in [-0.2, 0) is 16.8 Å². The minimum absolute atomic E-state index is 0.118. The topological polar surface area (TPSA) is 54.0 Å². The lowest BCUT2D eigenvalue weighted by atomic mass is 9.93. The second-order valence-corrected chi connectivity index (χ2v) is 7.06. The van der Waals surface area contributed by atoms with Gasteiger partial charge >= 0.3 is 0 Å². The first-order valence-corrected chi connectivity index (χ1v) is 7.78. The number of carbonyl (C=O) groups excluding carboxylic acids is 1. The van der Waals surface area contributed by atoms with Gasteiger partial charge in [0.1, 0.15) is 5.01 Å². The summed E-state index contributed by atoms with van der Waals surface area (Å²) < 4.78 is 0. The molecule has 2 rings (SSSR count). The van der Waals surface area contributed by atoms with Gasteiger partial charge < -0.3 is 10.6 Å². The van der Waals surface area contributed by atoms with Gasteiger partial charge in [-0.3, -0.25) is 4.79 Å². The van der Waals surface area contributed by atoms with Crippen LogP contribution in [0.25, 0.3) is 0 Å². The number of carbonyl (C=O) groups is 1. The van der Waals surface area contributed by atoms with Crippen LogP contribution >= 0.6 is 11.3 Å². The van der Waals surface area contributed by atoms with Crippen molar-refractivity contribution in [3.8, 4) is 0 Å². The molecule has 1 aliphatic carbocycles. The van der Waals surface area contributed by atoms with Crippen molar-refractivity contribution in [1.82, 2.24) is 15.6 Å². The molecule has 1 fully saturated rings. The second kappa shape index (κ2) is 6.01. The Balaban J connectivity index is 1.62. The standard InChI is InChI=1S/C14H23N3OS/c1-14(2,3)11-9-19-12(17-11)8-15-6-7-16-13(18)10-4-5-10/h9-10,15H,4-8H2,1-3H3,(H,16,18). The van der Waals surface area contributed by atoms with Crippen LogP contribution in [0.5, 0.6) is 0 Å². The van der Waals surface area contributed by atoms with Crippen molar-refractivity contribution in [3.05, 3.63) is 16.1 Å². The van der Waals surface area contributed by atoms with E-state index in [4.69, 9.17) is 0 Å². The SMILES string of the molecule is CC(C)(C)c1csc(CNCCNC(=O)C2CC2)n1. The molecule has 0 saturated heterocycles. The van der Waals surface area contributed by atoms with Gasteiger partial charge in [-0.05, 0) is 12.8 Å². The van der Waals surface area contributed by atoms with E-state index in [2.05, 4.69) is 41.8 Å². The molecule has 0 atom stereocenters. The molecule has 1 aromatic heterocycles. The van der Waals surface area contributed by atoms with Crippen molar-refractivity contribution in [2.24, 2.45) is 5.92 Å². The molecule has 1 amide bonds. The lowest BCUT2D eigenvalue weighted by Gasteiger charge is -2.14. The molecular formula is C14H23N3OS. The first kappa shape index (κ1) is 14.5. The summed E-state index contributed by atoms with van der Waals surface area (Å²) in [7, 11) is 0. The highest BCUT2D eigenvalue weighted by Crippen LogP contribution is 2.28.